The van der Waals surface area contributed by atoms with Gasteiger partial charge in [-0.1, -0.05) is 13.8 Å². The van der Waals surface area contributed by atoms with E-state index in [4.69, 9.17) is 9.15 Å². The molecule has 20 heavy (non-hydrogen) atoms. The van der Waals surface area contributed by atoms with Crippen molar-refractivity contribution in [3.8, 4) is 0 Å². The Balaban J connectivity index is 2.49. The normalized spacial score (nSPS) is 14.0. The Labute approximate surface area is 117 Å². The Morgan fingerprint density at radius 2 is 1.95 bits per heavy atom. The van der Waals surface area contributed by atoms with E-state index in [-0.39, 0.29) is 6.61 Å². The Hall–Kier alpha value is -1.01. The zero-order valence-electron chi connectivity index (χ0n) is 12.3. The van der Waals surface area contributed by atoms with Gasteiger partial charge in [0, 0.05) is 5.56 Å². The second-order valence-electron chi connectivity index (χ2n) is 5.31. The van der Waals surface area contributed by atoms with Crippen LogP contribution in [0.25, 0.3) is 0 Å². The summed E-state index contributed by atoms with van der Waals surface area (Å²) in [5, 5.41) is 3.22. The van der Waals surface area contributed by atoms with Gasteiger partial charge in [-0.15, -0.1) is 0 Å². The van der Waals surface area contributed by atoms with Crippen molar-refractivity contribution in [1.29, 1.82) is 0 Å². The molecule has 0 fully saturated rings. The van der Waals surface area contributed by atoms with Crippen LogP contribution in [0.15, 0.2) is 10.5 Å². The Bertz CT molecular complexity index is 413. The van der Waals surface area contributed by atoms with E-state index in [0.717, 1.165) is 13.5 Å². The summed E-state index contributed by atoms with van der Waals surface area (Å²) < 4.78 is 47.3. The summed E-state index contributed by atoms with van der Waals surface area (Å²) in [5.41, 5.74) is 0.655. The van der Waals surface area contributed by atoms with E-state index >= 15 is 0 Å². The molecule has 1 aromatic heterocycles. The smallest absolute Gasteiger partial charge is 0.414 e. The van der Waals surface area contributed by atoms with Gasteiger partial charge >= 0.3 is 6.18 Å². The second kappa shape index (κ2) is 7.13. The van der Waals surface area contributed by atoms with E-state index in [1.54, 1.807) is 13.0 Å². The molecule has 1 heterocycles. The molecule has 1 atom stereocenters. The molecule has 0 aliphatic rings. The third-order valence-corrected chi connectivity index (χ3v) is 2.87. The molecular weight excluding hydrogens is 271 g/mol. The zero-order valence-corrected chi connectivity index (χ0v) is 12.3. The maximum atomic E-state index is 12.3. The van der Waals surface area contributed by atoms with Crippen molar-refractivity contribution in [3.05, 3.63) is 23.2 Å². The largest absolute Gasteiger partial charge is 0.465 e. The molecule has 0 bridgehead atoms. The van der Waals surface area contributed by atoms with Crippen molar-refractivity contribution < 1.29 is 22.3 Å². The molecule has 0 radical (unpaired) electrons. The lowest BCUT2D eigenvalue weighted by molar-refractivity contribution is -0.217. The van der Waals surface area contributed by atoms with E-state index in [1.165, 1.54) is 0 Å². The summed E-state index contributed by atoms with van der Waals surface area (Å²) in [5.74, 6) is 1.84. The van der Waals surface area contributed by atoms with E-state index in [2.05, 4.69) is 19.2 Å². The van der Waals surface area contributed by atoms with E-state index in [1.807, 2.05) is 0 Å². The first-order valence-electron chi connectivity index (χ1n) is 6.67. The summed E-state index contributed by atoms with van der Waals surface area (Å²) in [6.07, 6.45) is -6.11. The summed E-state index contributed by atoms with van der Waals surface area (Å²) in [6.45, 7) is 8.24. The van der Waals surface area contributed by atoms with Gasteiger partial charge in [0.1, 0.15) is 11.5 Å². The van der Waals surface area contributed by atoms with E-state index in [9.17, 15) is 13.2 Å². The molecule has 0 aromatic carbocycles. The highest BCUT2D eigenvalue weighted by molar-refractivity contribution is 5.20. The average molecular weight is 293 g/mol. The van der Waals surface area contributed by atoms with Crippen molar-refractivity contribution in [1.82, 2.24) is 5.32 Å². The molecule has 0 saturated carbocycles. The number of nitrogens with one attached hydrogen (secondary N) is 1. The Morgan fingerprint density at radius 1 is 1.30 bits per heavy atom. The van der Waals surface area contributed by atoms with Crippen LogP contribution < -0.4 is 5.32 Å². The summed E-state index contributed by atoms with van der Waals surface area (Å²) in [4.78, 5) is 0. The van der Waals surface area contributed by atoms with Gasteiger partial charge in [-0.2, -0.15) is 13.2 Å². The molecule has 116 valence electrons. The van der Waals surface area contributed by atoms with Crippen LogP contribution in [0.2, 0.25) is 0 Å². The lowest BCUT2D eigenvalue weighted by Gasteiger charge is -2.15. The van der Waals surface area contributed by atoms with Crippen LogP contribution in [0.4, 0.5) is 13.2 Å². The van der Waals surface area contributed by atoms with Crippen molar-refractivity contribution in [3.63, 3.8) is 0 Å². The van der Waals surface area contributed by atoms with E-state index < -0.39 is 12.3 Å². The molecule has 0 spiro atoms. The van der Waals surface area contributed by atoms with Crippen LogP contribution in [-0.2, 0) is 17.9 Å². The first kappa shape index (κ1) is 17.0. The second-order valence-corrected chi connectivity index (χ2v) is 5.31. The molecule has 3 nitrogen and oxygen atoms in total. The maximum absolute atomic E-state index is 12.3. The first-order valence-corrected chi connectivity index (χ1v) is 6.67. The van der Waals surface area contributed by atoms with Crippen molar-refractivity contribution >= 4 is 0 Å². The number of hydrogen-bond acceptors (Lipinski definition) is 3. The number of rotatable bonds is 7. The highest BCUT2D eigenvalue weighted by atomic mass is 19.4. The molecule has 0 aliphatic heterocycles. The number of ether oxygens (including phenoxy) is 1. The van der Waals surface area contributed by atoms with Crippen LogP contribution in [0, 0.1) is 12.8 Å². The summed E-state index contributed by atoms with van der Waals surface area (Å²) in [6, 6.07) is 1.74. The van der Waals surface area contributed by atoms with Gasteiger partial charge in [-0.3, -0.25) is 0 Å². The SMILES string of the molecule is Cc1oc(CNCC(C)C)cc1COC(C)C(F)(F)F. The Morgan fingerprint density at radius 3 is 2.50 bits per heavy atom. The van der Waals surface area contributed by atoms with Gasteiger partial charge in [0.05, 0.1) is 13.2 Å². The van der Waals surface area contributed by atoms with Gasteiger partial charge in [0.15, 0.2) is 6.10 Å². The Kier molecular flexibility index (Phi) is 6.07. The predicted octanol–water partition coefficient (Wildman–Crippen LogP) is 3.80. The molecule has 0 aliphatic carbocycles. The third kappa shape index (κ3) is 5.54. The zero-order chi connectivity index (χ0) is 15.3. The molecular formula is C14H22F3NO2. The molecule has 0 amide bonds. The number of halogens is 3. The molecule has 1 unspecified atom stereocenters. The fourth-order valence-electron chi connectivity index (χ4n) is 1.61. The molecule has 1 rings (SSSR count). The fraction of sp³-hybridized carbons (Fsp3) is 0.714. The number of alkyl halides is 3. The molecule has 0 saturated heterocycles. The summed E-state index contributed by atoms with van der Waals surface area (Å²) >= 11 is 0. The van der Waals surface area contributed by atoms with Crippen LogP contribution in [0.1, 0.15) is 37.9 Å². The van der Waals surface area contributed by atoms with Crippen LogP contribution >= 0.6 is 0 Å². The van der Waals surface area contributed by atoms with Crippen molar-refractivity contribution in [2.75, 3.05) is 6.54 Å². The van der Waals surface area contributed by atoms with E-state index in [0.29, 0.717) is 29.5 Å². The number of furan rings is 1. The fourth-order valence-corrected chi connectivity index (χ4v) is 1.61. The first-order chi connectivity index (χ1) is 9.20. The highest BCUT2D eigenvalue weighted by Crippen LogP contribution is 2.24. The van der Waals surface area contributed by atoms with Gasteiger partial charge in [0.2, 0.25) is 0 Å². The molecule has 6 heteroatoms. The number of aryl methyl sites for hydroxylation is 1. The monoisotopic (exact) mass is 293 g/mol. The quantitative estimate of drug-likeness (QED) is 0.830. The third-order valence-electron chi connectivity index (χ3n) is 2.87. The molecule has 1 aromatic rings. The highest BCUT2D eigenvalue weighted by Gasteiger charge is 2.37. The molecule has 1 N–H and O–H groups in total. The van der Waals surface area contributed by atoms with Crippen LogP contribution in [-0.4, -0.2) is 18.8 Å². The van der Waals surface area contributed by atoms with Crippen molar-refractivity contribution in [2.45, 2.75) is 53.1 Å². The van der Waals surface area contributed by atoms with Crippen LogP contribution in [0.5, 0.6) is 0 Å². The minimum absolute atomic E-state index is 0.0970. The van der Waals surface area contributed by atoms with Gasteiger partial charge in [-0.25, -0.2) is 0 Å². The predicted molar refractivity (Wildman–Crippen MR) is 70.3 cm³/mol. The number of hydrogen-bond donors (Lipinski definition) is 1. The standard InChI is InChI=1S/C14H22F3NO2/c1-9(2)6-18-7-13-5-12(10(3)20-13)8-19-11(4)14(15,16)17/h5,9,11,18H,6-8H2,1-4H3. The lowest BCUT2D eigenvalue weighted by atomic mass is 10.2. The average Bonchev–Trinajstić information content (AvgIpc) is 2.65. The van der Waals surface area contributed by atoms with Crippen molar-refractivity contribution in [2.24, 2.45) is 5.92 Å². The van der Waals surface area contributed by atoms with Gasteiger partial charge in [-0.05, 0) is 32.4 Å². The van der Waals surface area contributed by atoms with Gasteiger partial charge < -0.3 is 14.5 Å². The van der Waals surface area contributed by atoms with Crippen LogP contribution in [0.3, 0.4) is 0 Å². The minimum atomic E-state index is -4.33. The topological polar surface area (TPSA) is 34.4 Å². The maximum Gasteiger partial charge on any atom is 0.414 e. The lowest BCUT2D eigenvalue weighted by Crippen LogP contribution is -2.28. The summed E-state index contributed by atoms with van der Waals surface area (Å²) in [7, 11) is 0. The minimum Gasteiger partial charge on any atom is -0.465 e. The van der Waals surface area contributed by atoms with Gasteiger partial charge in [0.25, 0.3) is 0 Å².